The van der Waals surface area contributed by atoms with Crippen molar-refractivity contribution >= 4 is 33.7 Å². The average Bonchev–Trinajstić information content (AvgIpc) is 2.84. The van der Waals surface area contributed by atoms with Gasteiger partial charge in [0.25, 0.3) is 17.7 Å². The molecule has 0 aromatic heterocycles. The average molecular weight is 531 g/mol. The van der Waals surface area contributed by atoms with Crippen LogP contribution in [0.5, 0.6) is 0 Å². The maximum absolute atomic E-state index is 13.6. The van der Waals surface area contributed by atoms with Crippen LogP contribution in [0, 0.1) is 5.82 Å². The van der Waals surface area contributed by atoms with Gasteiger partial charge in [0.05, 0.1) is 0 Å². The van der Waals surface area contributed by atoms with Gasteiger partial charge >= 0.3 is 0 Å². The van der Waals surface area contributed by atoms with Crippen molar-refractivity contribution in [3.63, 3.8) is 0 Å². The molecule has 3 amide bonds. The number of carbonyl (C=O) groups excluding carboxylic acids is 3. The number of carbonyl (C=O) groups is 3. The molecule has 9 heteroatoms. The summed E-state index contributed by atoms with van der Waals surface area (Å²) in [4.78, 5) is 43.3. The third-order valence-corrected chi connectivity index (χ3v) is 6.92. The summed E-state index contributed by atoms with van der Waals surface area (Å²) >= 11 is 3.39. The molecule has 1 heterocycles. The van der Waals surface area contributed by atoms with Gasteiger partial charge in [-0.1, -0.05) is 22.0 Å². The first-order valence-corrected chi connectivity index (χ1v) is 12.3. The zero-order valence-electron chi connectivity index (χ0n) is 18.8. The molecule has 0 spiro atoms. The first-order valence-electron chi connectivity index (χ1n) is 11.5. The Kier molecular flexibility index (Phi) is 7.63. The van der Waals surface area contributed by atoms with Gasteiger partial charge in [0.1, 0.15) is 5.82 Å². The van der Waals surface area contributed by atoms with E-state index in [9.17, 15) is 18.8 Å². The number of nitrogens with two attached hydrogens (primary N) is 1. The molecule has 0 radical (unpaired) electrons. The highest BCUT2D eigenvalue weighted by Gasteiger charge is 2.41. The maximum Gasteiger partial charge on any atom is 0.264 e. The first-order chi connectivity index (χ1) is 16.3. The molecule has 1 aliphatic heterocycles. The van der Waals surface area contributed by atoms with Gasteiger partial charge in [-0.15, -0.1) is 0 Å². The zero-order chi connectivity index (χ0) is 24.2. The van der Waals surface area contributed by atoms with E-state index >= 15 is 0 Å². The van der Waals surface area contributed by atoms with Crippen molar-refractivity contribution in [2.45, 2.75) is 50.4 Å². The largest absolute Gasteiger partial charge is 0.350 e. The van der Waals surface area contributed by atoms with E-state index in [1.54, 1.807) is 18.2 Å². The van der Waals surface area contributed by atoms with Crippen LogP contribution < -0.4 is 11.1 Å². The summed E-state index contributed by atoms with van der Waals surface area (Å²) in [5, 5.41) is 3.05. The normalized spacial score (nSPS) is 22.9. The molecule has 2 fully saturated rings. The third-order valence-electron chi connectivity index (χ3n) is 6.43. The highest BCUT2D eigenvalue weighted by Crippen LogP contribution is 2.24. The number of halogens is 2. The maximum atomic E-state index is 13.6. The number of nitrogens with zero attached hydrogens (tertiary/aromatic N) is 2. The Morgan fingerprint density at radius 3 is 2.15 bits per heavy atom. The second-order valence-corrected chi connectivity index (χ2v) is 9.78. The van der Waals surface area contributed by atoms with Gasteiger partial charge in [0.2, 0.25) is 0 Å². The van der Waals surface area contributed by atoms with E-state index in [4.69, 9.17) is 5.73 Å². The van der Waals surface area contributed by atoms with Gasteiger partial charge in [-0.3, -0.25) is 14.4 Å². The predicted molar refractivity (Wildman–Crippen MR) is 129 cm³/mol. The Morgan fingerprint density at radius 1 is 0.912 bits per heavy atom. The summed E-state index contributed by atoms with van der Waals surface area (Å²) in [6, 6.07) is 12.2. The van der Waals surface area contributed by atoms with E-state index < -0.39 is 17.9 Å². The number of benzene rings is 2. The number of nitrogens with one attached hydrogen (secondary N) is 1. The van der Waals surface area contributed by atoms with Crippen LogP contribution in [0.15, 0.2) is 53.0 Å². The molecule has 1 atom stereocenters. The van der Waals surface area contributed by atoms with E-state index in [1.807, 2.05) is 6.07 Å². The molecule has 0 bridgehead atoms. The molecule has 7 nitrogen and oxygen atoms in total. The third kappa shape index (κ3) is 5.47. The van der Waals surface area contributed by atoms with E-state index in [0.29, 0.717) is 25.1 Å². The van der Waals surface area contributed by atoms with E-state index in [1.165, 1.54) is 34.1 Å². The fourth-order valence-electron chi connectivity index (χ4n) is 4.62. The fourth-order valence-corrected chi connectivity index (χ4v) is 5.02. The van der Waals surface area contributed by atoms with Gasteiger partial charge in [0, 0.05) is 40.8 Å². The Balaban J connectivity index is 1.63. The topological polar surface area (TPSA) is 95.7 Å². The molecule has 180 valence electrons. The van der Waals surface area contributed by atoms with Crippen LogP contribution in [0.1, 0.15) is 52.8 Å². The van der Waals surface area contributed by atoms with Crippen LogP contribution in [-0.2, 0) is 4.79 Å². The van der Waals surface area contributed by atoms with E-state index in [0.717, 1.165) is 30.2 Å². The van der Waals surface area contributed by atoms with Crippen LogP contribution in [0.2, 0.25) is 0 Å². The quantitative estimate of drug-likeness (QED) is 0.633. The van der Waals surface area contributed by atoms with Crippen LogP contribution in [-0.4, -0.2) is 58.9 Å². The van der Waals surface area contributed by atoms with Crippen molar-refractivity contribution in [3.8, 4) is 0 Å². The Bertz CT molecular complexity index is 1060. The molecule has 1 unspecified atom stereocenters. The van der Waals surface area contributed by atoms with Crippen LogP contribution in [0.3, 0.4) is 0 Å². The van der Waals surface area contributed by atoms with Crippen LogP contribution in [0.4, 0.5) is 4.39 Å². The lowest BCUT2D eigenvalue weighted by Crippen LogP contribution is -2.64. The lowest BCUT2D eigenvalue weighted by Gasteiger charge is -2.43. The molecule has 2 aromatic carbocycles. The van der Waals surface area contributed by atoms with Gasteiger partial charge in [-0.25, -0.2) is 4.39 Å². The van der Waals surface area contributed by atoms with Gasteiger partial charge < -0.3 is 20.9 Å². The number of hydrogen-bond acceptors (Lipinski definition) is 4. The SMILES string of the molecule is NC1CCC(NC(=O)C2N(C(=O)c3ccc(F)cc3)CCCN2C(=O)c2cccc(Br)c2)CC1. The Morgan fingerprint density at radius 2 is 1.53 bits per heavy atom. The molecule has 2 aliphatic rings. The Labute approximate surface area is 206 Å². The summed E-state index contributed by atoms with van der Waals surface area (Å²) < 4.78 is 14.2. The van der Waals surface area contributed by atoms with Crippen molar-refractivity contribution in [1.82, 2.24) is 15.1 Å². The molecule has 34 heavy (non-hydrogen) atoms. The van der Waals surface area contributed by atoms with Crippen molar-refractivity contribution in [1.29, 1.82) is 0 Å². The summed E-state index contributed by atoms with van der Waals surface area (Å²) in [6.45, 7) is 0.651. The zero-order valence-corrected chi connectivity index (χ0v) is 20.3. The van der Waals surface area contributed by atoms with Gasteiger partial charge in [0.15, 0.2) is 6.17 Å². The summed E-state index contributed by atoms with van der Waals surface area (Å²) in [6.07, 6.45) is 2.56. The molecular formula is C25H28BrFN4O3. The molecular weight excluding hydrogens is 503 g/mol. The van der Waals surface area contributed by atoms with E-state index in [-0.39, 0.29) is 29.5 Å². The summed E-state index contributed by atoms with van der Waals surface area (Å²) in [5.74, 6) is -1.59. The van der Waals surface area contributed by atoms with Crippen molar-refractivity contribution in [2.75, 3.05) is 13.1 Å². The molecule has 4 rings (SSSR count). The number of amides is 3. The molecule has 1 saturated heterocycles. The summed E-state index contributed by atoms with van der Waals surface area (Å²) in [5.41, 5.74) is 6.68. The van der Waals surface area contributed by atoms with Gasteiger partial charge in [-0.2, -0.15) is 0 Å². The predicted octanol–water partition coefficient (Wildman–Crippen LogP) is 3.29. The smallest absolute Gasteiger partial charge is 0.264 e. The van der Waals surface area contributed by atoms with Crippen molar-refractivity contribution in [3.05, 3.63) is 69.9 Å². The summed E-state index contributed by atoms with van der Waals surface area (Å²) in [7, 11) is 0. The monoisotopic (exact) mass is 530 g/mol. The van der Waals surface area contributed by atoms with Crippen molar-refractivity contribution < 1.29 is 18.8 Å². The molecule has 1 aliphatic carbocycles. The van der Waals surface area contributed by atoms with Crippen molar-refractivity contribution in [2.24, 2.45) is 5.73 Å². The minimum absolute atomic E-state index is 0.0557. The number of rotatable bonds is 4. The molecule has 2 aromatic rings. The highest BCUT2D eigenvalue weighted by atomic mass is 79.9. The van der Waals surface area contributed by atoms with Crippen LogP contribution in [0.25, 0.3) is 0 Å². The second kappa shape index (κ2) is 10.7. The molecule has 1 saturated carbocycles. The number of hydrogen-bond donors (Lipinski definition) is 2. The minimum atomic E-state index is -1.10. The lowest BCUT2D eigenvalue weighted by atomic mass is 9.91. The van der Waals surface area contributed by atoms with E-state index in [2.05, 4.69) is 21.2 Å². The molecule has 3 N–H and O–H groups in total. The first kappa shape index (κ1) is 24.3. The Hall–Kier alpha value is -2.78. The minimum Gasteiger partial charge on any atom is -0.350 e. The second-order valence-electron chi connectivity index (χ2n) is 8.86. The highest BCUT2D eigenvalue weighted by molar-refractivity contribution is 9.10. The van der Waals surface area contributed by atoms with Crippen LogP contribution >= 0.6 is 15.9 Å². The standard InChI is InChI=1S/C25H28BrFN4O3/c26-18-4-1-3-17(15-18)25(34)31-14-2-13-30(24(33)16-5-7-19(27)8-6-16)23(31)22(32)29-21-11-9-20(28)10-12-21/h1,3-8,15,20-21,23H,2,9-14,28H2,(H,29,32). The lowest BCUT2D eigenvalue weighted by molar-refractivity contribution is -0.133. The van der Waals surface area contributed by atoms with Gasteiger partial charge in [-0.05, 0) is 74.6 Å². The fraction of sp³-hybridized carbons (Fsp3) is 0.400.